The molecule has 0 aliphatic carbocycles. The van der Waals surface area contributed by atoms with Crippen LogP contribution in [-0.2, 0) is 0 Å². The van der Waals surface area contributed by atoms with Crippen molar-refractivity contribution in [1.29, 1.82) is 0 Å². The number of amides is 1. The second-order valence-corrected chi connectivity index (χ2v) is 4.33. The molecule has 0 fully saturated rings. The Morgan fingerprint density at radius 3 is 2.41 bits per heavy atom. The fourth-order valence-corrected chi connectivity index (χ4v) is 1.64. The molecule has 5 nitrogen and oxygen atoms in total. The maximum absolute atomic E-state index is 13.1. The van der Waals surface area contributed by atoms with Crippen LogP contribution in [0, 0.1) is 17.6 Å². The standard InChI is InChI=1S/C14H11F3N4O/c1-21(13(22)8-2-3-19-12(17)4-8)14(18)20-11-6-9(15)5-10(16)7-11/h2-7H,1H3,(H2,18,20). The van der Waals surface area contributed by atoms with Crippen molar-refractivity contribution in [2.24, 2.45) is 10.7 Å². The number of pyridine rings is 1. The molecule has 22 heavy (non-hydrogen) atoms. The van der Waals surface area contributed by atoms with Crippen molar-refractivity contribution in [3.63, 3.8) is 0 Å². The SMILES string of the molecule is CN(C(=O)c1ccnc(F)c1)/C(N)=N\c1cc(F)cc(F)c1. The molecule has 1 amide bonds. The zero-order valence-electron chi connectivity index (χ0n) is 11.4. The third-order valence-electron chi connectivity index (χ3n) is 2.71. The first kappa shape index (κ1) is 15.5. The van der Waals surface area contributed by atoms with Crippen LogP contribution in [0.4, 0.5) is 18.9 Å². The number of hydrogen-bond donors (Lipinski definition) is 1. The number of carbonyl (C=O) groups excluding carboxylic acids is 1. The summed E-state index contributed by atoms with van der Waals surface area (Å²) in [5, 5.41) is 0. The first-order valence-corrected chi connectivity index (χ1v) is 6.06. The number of nitrogens with two attached hydrogens (primary N) is 1. The van der Waals surface area contributed by atoms with Crippen LogP contribution in [0.2, 0.25) is 0 Å². The molecule has 0 radical (unpaired) electrons. The minimum atomic E-state index is -0.822. The second-order valence-electron chi connectivity index (χ2n) is 4.33. The highest BCUT2D eigenvalue weighted by molar-refractivity contribution is 6.05. The number of aliphatic imine (C=N–C) groups is 1. The van der Waals surface area contributed by atoms with Gasteiger partial charge in [0.05, 0.1) is 5.69 Å². The monoisotopic (exact) mass is 308 g/mol. The molecular formula is C14H11F3N4O. The van der Waals surface area contributed by atoms with E-state index >= 15 is 0 Å². The first-order chi connectivity index (χ1) is 10.4. The molecule has 1 aromatic carbocycles. The van der Waals surface area contributed by atoms with E-state index in [0.717, 1.165) is 29.3 Å². The zero-order valence-corrected chi connectivity index (χ0v) is 11.4. The lowest BCUT2D eigenvalue weighted by atomic mass is 10.2. The summed E-state index contributed by atoms with van der Waals surface area (Å²) in [5.74, 6) is -3.40. The van der Waals surface area contributed by atoms with Crippen LogP contribution in [0.1, 0.15) is 10.4 Å². The van der Waals surface area contributed by atoms with Crippen molar-refractivity contribution in [2.45, 2.75) is 0 Å². The summed E-state index contributed by atoms with van der Waals surface area (Å²) in [6, 6.07) is 4.84. The molecule has 0 saturated carbocycles. The number of benzene rings is 1. The Balaban J connectivity index is 2.26. The summed E-state index contributed by atoms with van der Waals surface area (Å²) in [4.78, 5) is 20.1. The molecule has 0 spiro atoms. The predicted molar refractivity (Wildman–Crippen MR) is 73.9 cm³/mol. The number of halogens is 3. The minimum absolute atomic E-state index is 0.0126. The van der Waals surface area contributed by atoms with Crippen LogP contribution in [0.5, 0.6) is 0 Å². The Labute approximate surface area is 123 Å². The smallest absolute Gasteiger partial charge is 0.260 e. The Hall–Kier alpha value is -2.90. The molecule has 0 unspecified atom stereocenters. The molecule has 1 aromatic heterocycles. The number of hydrogen-bond acceptors (Lipinski definition) is 3. The van der Waals surface area contributed by atoms with E-state index in [1.807, 2.05) is 0 Å². The Morgan fingerprint density at radius 2 is 1.82 bits per heavy atom. The van der Waals surface area contributed by atoms with Gasteiger partial charge in [-0.05, 0) is 18.2 Å². The highest BCUT2D eigenvalue weighted by Crippen LogP contribution is 2.16. The van der Waals surface area contributed by atoms with Crippen LogP contribution < -0.4 is 5.73 Å². The molecule has 1 heterocycles. The van der Waals surface area contributed by atoms with Crippen LogP contribution in [0.15, 0.2) is 41.5 Å². The number of guanidine groups is 1. The Kier molecular flexibility index (Phi) is 4.40. The van der Waals surface area contributed by atoms with Gasteiger partial charge >= 0.3 is 0 Å². The maximum Gasteiger partial charge on any atom is 0.260 e. The number of carbonyl (C=O) groups is 1. The van der Waals surface area contributed by atoms with E-state index in [2.05, 4.69) is 9.98 Å². The van der Waals surface area contributed by atoms with E-state index in [1.54, 1.807) is 0 Å². The molecule has 2 rings (SSSR count). The normalized spacial score (nSPS) is 11.4. The van der Waals surface area contributed by atoms with Gasteiger partial charge in [0.1, 0.15) is 11.6 Å². The molecule has 0 bridgehead atoms. The number of nitrogens with zero attached hydrogens (tertiary/aromatic N) is 3. The third kappa shape index (κ3) is 3.60. The molecule has 8 heteroatoms. The van der Waals surface area contributed by atoms with Crippen molar-refractivity contribution in [3.8, 4) is 0 Å². The van der Waals surface area contributed by atoms with Crippen molar-refractivity contribution in [3.05, 3.63) is 59.7 Å². The topological polar surface area (TPSA) is 71.6 Å². The quantitative estimate of drug-likeness (QED) is 0.525. The average Bonchev–Trinajstić information content (AvgIpc) is 2.44. The van der Waals surface area contributed by atoms with Crippen molar-refractivity contribution in [2.75, 3.05) is 7.05 Å². The van der Waals surface area contributed by atoms with Gasteiger partial charge in [-0.3, -0.25) is 9.69 Å². The Bertz CT molecular complexity index is 728. The van der Waals surface area contributed by atoms with E-state index in [-0.39, 0.29) is 17.2 Å². The van der Waals surface area contributed by atoms with Gasteiger partial charge in [0, 0.05) is 30.9 Å². The minimum Gasteiger partial charge on any atom is -0.369 e. The summed E-state index contributed by atoms with van der Waals surface area (Å²) < 4.78 is 39.1. The molecule has 2 aromatic rings. The van der Waals surface area contributed by atoms with E-state index in [4.69, 9.17) is 5.73 Å². The van der Waals surface area contributed by atoms with Crippen LogP contribution in [0.3, 0.4) is 0 Å². The maximum atomic E-state index is 13.1. The molecular weight excluding hydrogens is 297 g/mol. The average molecular weight is 308 g/mol. The van der Waals surface area contributed by atoms with Gasteiger partial charge in [-0.2, -0.15) is 4.39 Å². The van der Waals surface area contributed by atoms with E-state index in [0.29, 0.717) is 6.07 Å². The van der Waals surface area contributed by atoms with Gasteiger partial charge in [0.25, 0.3) is 5.91 Å². The molecule has 0 aliphatic heterocycles. The van der Waals surface area contributed by atoms with Crippen molar-refractivity contribution < 1.29 is 18.0 Å². The zero-order chi connectivity index (χ0) is 16.3. The van der Waals surface area contributed by atoms with Crippen molar-refractivity contribution >= 4 is 17.6 Å². The summed E-state index contributed by atoms with van der Waals surface area (Å²) in [7, 11) is 1.30. The number of rotatable bonds is 2. The Morgan fingerprint density at radius 1 is 1.18 bits per heavy atom. The molecule has 114 valence electrons. The van der Waals surface area contributed by atoms with Gasteiger partial charge in [0.15, 0.2) is 0 Å². The van der Waals surface area contributed by atoms with Gasteiger partial charge in [-0.25, -0.2) is 18.8 Å². The summed E-state index contributed by atoms with van der Waals surface area (Å²) in [5.41, 5.74) is 5.55. The molecule has 2 N–H and O–H groups in total. The molecule has 0 atom stereocenters. The third-order valence-corrected chi connectivity index (χ3v) is 2.71. The lowest BCUT2D eigenvalue weighted by Gasteiger charge is -2.16. The summed E-state index contributed by atoms with van der Waals surface area (Å²) in [6.45, 7) is 0. The van der Waals surface area contributed by atoms with Crippen LogP contribution in [-0.4, -0.2) is 28.8 Å². The lowest BCUT2D eigenvalue weighted by molar-refractivity contribution is 0.0869. The largest absolute Gasteiger partial charge is 0.369 e. The van der Waals surface area contributed by atoms with Crippen LogP contribution >= 0.6 is 0 Å². The fraction of sp³-hybridized carbons (Fsp3) is 0.0714. The first-order valence-electron chi connectivity index (χ1n) is 6.06. The van der Waals surface area contributed by atoms with Crippen LogP contribution in [0.25, 0.3) is 0 Å². The highest BCUT2D eigenvalue weighted by atomic mass is 19.1. The van der Waals surface area contributed by atoms with E-state index < -0.39 is 23.5 Å². The van der Waals surface area contributed by atoms with E-state index in [1.165, 1.54) is 13.1 Å². The lowest BCUT2D eigenvalue weighted by Crippen LogP contribution is -2.38. The number of aromatic nitrogens is 1. The summed E-state index contributed by atoms with van der Waals surface area (Å²) >= 11 is 0. The van der Waals surface area contributed by atoms with E-state index in [9.17, 15) is 18.0 Å². The van der Waals surface area contributed by atoms with Gasteiger partial charge in [-0.15, -0.1) is 0 Å². The van der Waals surface area contributed by atoms with Gasteiger partial charge in [-0.1, -0.05) is 0 Å². The second kappa shape index (κ2) is 6.25. The fourth-order valence-electron chi connectivity index (χ4n) is 1.64. The van der Waals surface area contributed by atoms with Gasteiger partial charge in [0.2, 0.25) is 11.9 Å². The highest BCUT2D eigenvalue weighted by Gasteiger charge is 2.16. The van der Waals surface area contributed by atoms with Crippen molar-refractivity contribution in [1.82, 2.24) is 9.88 Å². The van der Waals surface area contributed by atoms with Gasteiger partial charge < -0.3 is 5.73 Å². The summed E-state index contributed by atoms with van der Waals surface area (Å²) in [6.07, 6.45) is 1.13. The molecule has 0 saturated heterocycles. The molecule has 0 aliphatic rings. The predicted octanol–water partition coefficient (Wildman–Crippen LogP) is 2.22.